The summed E-state index contributed by atoms with van der Waals surface area (Å²) in [6, 6.07) is 0. The van der Waals surface area contributed by atoms with Crippen molar-refractivity contribution in [1.82, 2.24) is 0 Å². The van der Waals surface area contributed by atoms with Crippen LogP contribution in [0.5, 0.6) is 0 Å². The molecular formula is C19H36O6. The molecule has 6 heteroatoms. The summed E-state index contributed by atoms with van der Waals surface area (Å²) in [6.07, 6.45) is 7.47. The number of carbonyl (C=O) groups is 1. The van der Waals surface area contributed by atoms with E-state index in [0.29, 0.717) is 71.5 Å². The molecule has 1 saturated heterocycles. The van der Waals surface area contributed by atoms with Gasteiger partial charge in [-0.3, -0.25) is 4.79 Å². The van der Waals surface area contributed by atoms with Crippen molar-refractivity contribution < 1.29 is 28.5 Å². The minimum absolute atomic E-state index is 0.389. The van der Waals surface area contributed by atoms with E-state index < -0.39 is 0 Å². The van der Waals surface area contributed by atoms with Gasteiger partial charge in [-0.05, 0) is 25.7 Å². The van der Waals surface area contributed by atoms with Gasteiger partial charge < -0.3 is 23.7 Å². The summed E-state index contributed by atoms with van der Waals surface area (Å²) in [7, 11) is 0. The second-order valence-corrected chi connectivity index (χ2v) is 6.22. The molecule has 0 N–H and O–H groups in total. The Labute approximate surface area is 152 Å². The van der Waals surface area contributed by atoms with Crippen molar-refractivity contribution in [3.05, 3.63) is 0 Å². The zero-order chi connectivity index (χ0) is 17.8. The second-order valence-electron chi connectivity index (χ2n) is 6.22. The van der Waals surface area contributed by atoms with Gasteiger partial charge in [0.2, 0.25) is 0 Å². The van der Waals surface area contributed by atoms with E-state index in [1.807, 2.05) is 0 Å². The molecular weight excluding hydrogens is 324 g/mol. The van der Waals surface area contributed by atoms with E-state index in [-0.39, 0.29) is 0 Å². The predicted molar refractivity (Wildman–Crippen MR) is 96.0 cm³/mol. The Kier molecular flexibility index (Phi) is 16.4. The molecule has 1 aliphatic rings. The third kappa shape index (κ3) is 16.7. The molecule has 0 spiro atoms. The fourth-order valence-electron chi connectivity index (χ4n) is 2.51. The van der Waals surface area contributed by atoms with E-state index in [1.165, 1.54) is 0 Å². The monoisotopic (exact) mass is 360 g/mol. The quantitative estimate of drug-likeness (QED) is 0.662. The summed E-state index contributed by atoms with van der Waals surface area (Å²) < 4.78 is 27.3. The van der Waals surface area contributed by atoms with Crippen LogP contribution in [0.3, 0.4) is 0 Å². The second kappa shape index (κ2) is 18.3. The van der Waals surface area contributed by atoms with Crippen molar-refractivity contribution in [2.75, 3.05) is 66.1 Å². The molecule has 0 bridgehead atoms. The van der Waals surface area contributed by atoms with Crippen LogP contribution in [0.4, 0.5) is 0 Å². The highest BCUT2D eigenvalue weighted by Gasteiger charge is 2.02. The van der Waals surface area contributed by atoms with Crippen molar-refractivity contribution in [3.8, 4) is 0 Å². The van der Waals surface area contributed by atoms with Gasteiger partial charge in [-0.1, -0.05) is 12.8 Å². The van der Waals surface area contributed by atoms with Crippen molar-refractivity contribution in [1.29, 1.82) is 0 Å². The van der Waals surface area contributed by atoms with Gasteiger partial charge in [-0.2, -0.15) is 0 Å². The standard InChI is InChI=1S/C19H36O6/c20-19-7-3-1-5-9-21-11-13-23-15-17-25-18-16-24-14-12-22-10-6-2-4-8-19/h1-18H2. The summed E-state index contributed by atoms with van der Waals surface area (Å²) in [4.78, 5) is 11.8. The molecule has 0 aliphatic carbocycles. The number of rotatable bonds is 0. The maximum atomic E-state index is 11.8. The average molecular weight is 360 g/mol. The van der Waals surface area contributed by atoms with Crippen LogP contribution < -0.4 is 0 Å². The highest BCUT2D eigenvalue weighted by molar-refractivity contribution is 5.78. The Balaban J connectivity index is 2.08. The van der Waals surface area contributed by atoms with Crippen LogP contribution in [0.2, 0.25) is 0 Å². The van der Waals surface area contributed by atoms with Crippen LogP contribution >= 0.6 is 0 Å². The molecule has 1 fully saturated rings. The number of ether oxygens (including phenoxy) is 5. The van der Waals surface area contributed by atoms with Crippen molar-refractivity contribution in [2.24, 2.45) is 0 Å². The maximum Gasteiger partial charge on any atom is 0.132 e. The van der Waals surface area contributed by atoms with Gasteiger partial charge in [0.1, 0.15) is 5.78 Å². The van der Waals surface area contributed by atoms with Crippen LogP contribution in [-0.2, 0) is 28.5 Å². The lowest BCUT2D eigenvalue weighted by Gasteiger charge is -2.08. The lowest BCUT2D eigenvalue weighted by Crippen LogP contribution is -2.13. The number of hydrogen-bond acceptors (Lipinski definition) is 6. The van der Waals surface area contributed by atoms with Gasteiger partial charge >= 0.3 is 0 Å². The van der Waals surface area contributed by atoms with Crippen molar-refractivity contribution in [3.63, 3.8) is 0 Å². The Morgan fingerprint density at radius 3 is 1.08 bits per heavy atom. The number of ketones is 1. The molecule has 0 radical (unpaired) electrons. The fraction of sp³-hybridized carbons (Fsp3) is 0.947. The molecule has 0 aromatic carbocycles. The summed E-state index contributed by atoms with van der Waals surface area (Å²) >= 11 is 0. The Bertz CT molecular complexity index is 272. The lowest BCUT2D eigenvalue weighted by atomic mass is 10.1. The van der Waals surface area contributed by atoms with Crippen LogP contribution in [0.25, 0.3) is 0 Å². The predicted octanol–water partition coefficient (Wildman–Crippen LogP) is 2.77. The van der Waals surface area contributed by atoms with Crippen LogP contribution in [0, 0.1) is 0 Å². The largest absolute Gasteiger partial charge is 0.379 e. The molecule has 1 aliphatic heterocycles. The fourth-order valence-corrected chi connectivity index (χ4v) is 2.51. The summed E-state index contributed by atoms with van der Waals surface area (Å²) in [6.45, 7) is 6.21. The van der Waals surface area contributed by atoms with Gasteiger partial charge in [-0.25, -0.2) is 0 Å². The maximum absolute atomic E-state index is 11.8. The first-order valence-corrected chi connectivity index (χ1v) is 9.80. The molecule has 25 heavy (non-hydrogen) atoms. The first-order valence-electron chi connectivity index (χ1n) is 9.80. The molecule has 0 saturated carbocycles. The molecule has 0 aromatic rings. The summed E-state index contributed by atoms with van der Waals surface area (Å²) in [5.74, 6) is 0.389. The van der Waals surface area contributed by atoms with E-state index in [4.69, 9.17) is 23.7 Å². The summed E-state index contributed by atoms with van der Waals surface area (Å²) in [5, 5.41) is 0. The molecule has 0 amide bonds. The minimum Gasteiger partial charge on any atom is -0.379 e. The van der Waals surface area contributed by atoms with Crippen molar-refractivity contribution in [2.45, 2.75) is 51.4 Å². The van der Waals surface area contributed by atoms with Crippen molar-refractivity contribution >= 4 is 5.78 Å². The highest BCUT2D eigenvalue weighted by atomic mass is 16.6. The van der Waals surface area contributed by atoms with Gasteiger partial charge in [0.05, 0.1) is 52.9 Å². The first kappa shape index (κ1) is 22.5. The molecule has 148 valence electrons. The Morgan fingerprint density at radius 2 is 0.720 bits per heavy atom. The number of Topliss-reactive ketones (excluding diaryl/α,β-unsaturated/α-hetero) is 1. The zero-order valence-electron chi connectivity index (χ0n) is 15.7. The Hall–Kier alpha value is -0.530. The van der Waals surface area contributed by atoms with Gasteiger partial charge in [0.15, 0.2) is 0 Å². The SMILES string of the molecule is O=C1CCCCCOCCOCCOCCOCCOCCCCC1. The van der Waals surface area contributed by atoms with Crippen LogP contribution in [0.15, 0.2) is 0 Å². The van der Waals surface area contributed by atoms with Gasteiger partial charge in [-0.15, -0.1) is 0 Å². The Morgan fingerprint density at radius 1 is 0.400 bits per heavy atom. The van der Waals surface area contributed by atoms with Gasteiger partial charge in [0.25, 0.3) is 0 Å². The molecule has 0 atom stereocenters. The van der Waals surface area contributed by atoms with Crippen LogP contribution in [0.1, 0.15) is 51.4 Å². The number of hydrogen-bond donors (Lipinski definition) is 0. The van der Waals surface area contributed by atoms with E-state index in [0.717, 1.165) is 51.7 Å². The molecule has 0 aromatic heterocycles. The molecule has 1 rings (SSSR count). The average Bonchev–Trinajstić information content (AvgIpc) is 2.61. The van der Waals surface area contributed by atoms with E-state index >= 15 is 0 Å². The normalized spacial score (nSPS) is 23.6. The third-order valence-electron chi connectivity index (χ3n) is 3.98. The summed E-state index contributed by atoms with van der Waals surface area (Å²) in [5.41, 5.74) is 0. The van der Waals surface area contributed by atoms with E-state index in [2.05, 4.69) is 0 Å². The van der Waals surface area contributed by atoms with E-state index in [1.54, 1.807) is 0 Å². The number of carbonyl (C=O) groups excluding carboxylic acids is 1. The molecule has 0 unspecified atom stereocenters. The smallest absolute Gasteiger partial charge is 0.132 e. The zero-order valence-corrected chi connectivity index (χ0v) is 15.7. The third-order valence-corrected chi connectivity index (χ3v) is 3.98. The minimum atomic E-state index is 0.389. The molecule has 1 heterocycles. The topological polar surface area (TPSA) is 63.2 Å². The van der Waals surface area contributed by atoms with Crippen LogP contribution in [-0.4, -0.2) is 71.9 Å². The molecule has 6 nitrogen and oxygen atoms in total. The van der Waals surface area contributed by atoms with E-state index in [9.17, 15) is 4.79 Å². The highest BCUT2D eigenvalue weighted by Crippen LogP contribution is 2.07. The first-order chi connectivity index (χ1) is 12.4. The lowest BCUT2D eigenvalue weighted by molar-refractivity contribution is -0.119. The van der Waals surface area contributed by atoms with Gasteiger partial charge in [0, 0.05) is 26.1 Å².